The van der Waals surface area contributed by atoms with Crippen molar-refractivity contribution in [2.24, 2.45) is 0 Å². The van der Waals surface area contributed by atoms with Gasteiger partial charge in [0.2, 0.25) is 11.9 Å². The number of aliphatic carboxylic acids is 1. The molecule has 1 heterocycles. The van der Waals surface area contributed by atoms with Crippen molar-refractivity contribution >= 4 is 33.8 Å². The number of sulfonamides is 1. The molecule has 0 aliphatic carbocycles. The number of rotatable bonds is 27. The Balaban J connectivity index is 1.26. The number of aromatic nitrogens is 2. The highest BCUT2D eigenvalue weighted by molar-refractivity contribution is 7.92. The molecule has 3 rings (SSSR count). The van der Waals surface area contributed by atoms with E-state index < -0.39 is 21.9 Å². The van der Waals surface area contributed by atoms with Crippen LogP contribution in [0.3, 0.4) is 0 Å². The SMILES string of the molecule is CCCCCc1ccc(OCc2ccc(S(=O)(=O)Nc3ncc(C(=O)NCCOCCOCC(=O)NCCOCCOCC(=O)O)cn3)cc2)cc1. The second-order valence-electron chi connectivity index (χ2n) is 11.3. The van der Waals surface area contributed by atoms with Crippen LogP contribution in [0.2, 0.25) is 0 Å². The van der Waals surface area contributed by atoms with E-state index in [1.54, 1.807) is 12.1 Å². The van der Waals surface area contributed by atoms with Crippen LogP contribution in [-0.2, 0) is 51.6 Å². The number of carboxylic acid groups (broad SMARTS) is 1. The van der Waals surface area contributed by atoms with Gasteiger partial charge < -0.3 is 39.4 Å². The molecular formula is C35H47N5O11S. The molecule has 0 aliphatic heterocycles. The molecule has 0 radical (unpaired) electrons. The van der Waals surface area contributed by atoms with Crippen LogP contribution in [0.4, 0.5) is 5.95 Å². The van der Waals surface area contributed by atoms with E-state index in [0.29, 0.717) is 0 Å². The second kappa shape index (κ2) is 23.7. The summed E-state index contributed by atoms with van der Waals surface area (Å²) in [5.74, 6) is -1.30. The summed E-state index contributed by atoms with van der Waals surface area (Å²) in [7, 11) is -3.98. The predicted octanol–water partition coefficient (Wildman–Crippen LogP) is 2.59. The first-order valence-electron chi connectivity index (χ1n) is 16.9. The van der Waals surface area contributed by atoms with Crippen molar-refractivity contribution < 1.29 is 51.6 Å². The van der Waals surface area contributed by atoms with E-state index in [2.05, 4.69) is 44.4 Å². The molecule has 0 fully saturated rings. The van der Waals surface area contributed by atoms with Gasteiger partial charge in [-0.3, -0.25) is 9.59 Å². The number of nitrogens with zero attached hydrogens (tertiary/aromatic N) is 2. The Kier molecular flexibility index (Phi) is 19.0. The molecular weight excluding hydrogens is 698 g/mol. The van der Waals surface area contributed by atoms with Gasteiger partial charge in [0, 0.05) is 25.5 Å². The van der Waals surface area contributed by atoms with Crippen molar-refractivity contribution in [1.82, 2.24) is 20.6 Å². The first-order chi connectivity index (χ1) is 25.2. The molecule has 3 aromatic rings. The Morgan fingerprint density at radius 2 is 1.33 bits per heavy atom. The van der Waals surface area contributed by atoms with Crippen LogP contribution >= 0.6 is 0 Å². The van der Waals surface area contributed by atoms with Crippen LogP contribution in [0.15, 0.2) is 65.8 Å². The Bertz CT molecular complexity index is 1610. The number of carboxylic acids is 1. The summed E-state index contributed by atoms with van der Waals surface area (Å²) in [6.07, 6.45) is 7.02. The molecule has 284 valence electrons. The zero-order chi connectivity index (χ0) is 37.4. The van der Waals surface area contributed by atoms with Gasteiger partial charge in [-0.1, -0.05) is 44.0 Å². The van der Waals surface area contributed by atoms with Crippen LogP contribution in [0.1, 0.15) is 47.7 Å². The van der Waals surface area contributed by atoms with Crippen molar-refractivity contribution in [3.63, 3.8) is 0 Å². The lowest BCUT2D eigenvalue weighted by Gasteiger charge is -2.10. The summed E-state index contributed by atoms with van der Waals surface area (Å²) in [5, 5.41) is 13.7. The summed E-state index contributed by atoms with van der Waals surface area (Å²) in [6.45, 7) is 3.51. The summed E-state index contributed by atoms with van der Waals surface area (Å²) in [6, 6.07) is 14.3. The number of amides is 2. The predicted molar refractivity (Wildman–Crippen MR) is 190 cm³/mol. The molecule has 0 atom stereocenters. The molecule has 16 nitrogen and oxygen atoms in total. The third kappa shape index (κ3) is 17.0. The van der Waals surface area contributed by atoms with Crippen molar-refractivity contribution in [2.75, 3.05) is 70.7 Å². The lowest BCUT2D eigenvalue weighted by Crippen LogP contribution is -2.31. The fraction of sp³-hybridized carbons (Fsp3) is 0.457. The smallest absolute Gasteiger partial charge is 0.329 e. The van der Waals surface area contributed by atoms with Crippen LogP contribution in [0, 0.1) is 0 Å². The van der Waals surface area contributed by atoms with Gasteiger partial charge in [0.15, 0.2) is 0 Å². The molecule has 1 aromatic heterocycles. The van der Waals surface area contributed by atoms with Gasteiger partial charge in [-0.25, -0.2) is 27.9 Å². The Labute approximate surface area is 303 Å². The number of hydrogen-bond donors (Lipinski definition) is 4. The van der Waals surface area contributed by atoms with Gasteiger partial charge in [0.05, 0.1) is 50.1 Å². The lowest BCUT2D eigenvalue weighted by atomic mass is 10.1. The molecule has 52 heavy (non-hydrogen) atoms. The van der Waals surface area contributed by atoms with Crippen LogP contribution in [0.5, 0.6) is 5.75 Å². The molecule has 0 saturated carbocycles. The van der Waals surface area contributed by atoms with Crippen molar-refractivity contribution in [3.8, 4) is 5.75 Å². The fourth-order valence-corrected chi connectivity index (χ4v) is 5.31. The van der Waals surface area contributed by atoms with E-state index in [9.17, 15) is 22.8 Å². The third-order valence-corrected chi connectivity index (χ3v) is 8.42. The molecule has 17 heteroatoms. The average molecular weight is 746 g/mol. The first-order valence-corrected chi connectivity index (χ1v) is 18.4. The minimum atomic E-state index is -3.98. The second-order valence-corrected chi connectivity index (χ2v) is 12.9. The highest BCUT2D eigenvalue weighted by Gasteiger charge is 2.16. The van der Waals surface area contributed by atoms with E-state index in [-0.39, 0.29) is 94.9 Å². The topological polar surface area (TPSA) is 214 Å². The monoisotopic (exact) mass is 745 g/mol. The number of hydrogen-bond acceptors (Lipinski definition) is 12. The molecule has 2 amide bonds. The molecule has 0 saturated heterocycles. The molecule has 4 N–H and O–H groups in total. The number of benzene rings is 2. The quantitative estimate of drug-likeness (QED) is 0.0828. The minimum absolute atomic E-state index is 0.0211. The summed E-state index contributed by atoms with van der Waals surface area (Å²) in [4.78, 5) is 42.4. The van der Waals surface area contributed by atoms with E-state index in [4.69, 9.17) is 28.8 Å². The summed E-state index contributed by atoms with van der Waals surface area (Å²) < 4.78 is 54.6. The van der Waals surface area contributed by atoms with Gasteiger partial charge in [-0.15, -0.1) is 0 Å². The minimum Gasteiger partial charge on any atom is -0.489 e. The van der Waals surface area contributed by atoms with Gasteiger partial charge >= 0.3 is 5.97 Å². The van der Waals surface area contributed by atoms with Gasteiger partial charge in [-0.05, 0) is 48.2 Å². The molecule has 0 spiro atoms. The van der Waals surface area contributed by atoms with E-state index in [1.165, 1.54) is 42.9 Å². The number of carbonyl (C=O) groups is 3. The van der Waals surface area contributed by atoms with Crippen LogP contribution < -0.4 is 20.1 Å². The number of aryl methyl sites for hydroxylation is 1. The third-order valence-electron chi connectivity index (χ3n) is 7.07. The highest BCUT2D eigenvalue weighted by Crippen LogP contribution is 2.18. The summed E-state index contributed by atoms with van der Waals surface area (Å²) >= 11 is 0. The standard InChI is InChI=1S/C35H47N5O11S/c1-2-3-4-5-27-6-10-30(11-7-27)51-24-28-8-12-31(13-9-28)52(45,46)40-35-38-22-29(23-39-35)34(44)37-15-17-48-18-20-49-25-32(41)36-14-16-47-19-21-50-26-33(42)43/h6-13,22-23H,2-5,14-21,24-26H2,1H3,(H,36,41)(H,37,44)(H,42,43)(H,38,39,40). The maximum Gasteiger partial charge on any atom is 0.329 e. The van der Waals surface area contributed by atoms with Gasteiger partial charge in [0.25, 0.3) is 15.9 Å². The normalized spacial score (nSPS) is 11.2. The van der Waals surface area contributed by atoms with Crippen LogP contribution in [-0.4, -0.2) is 107 Å². The van der Waals surface area contributed by atoms with E-state index >= 15 is 0 Å². The van der Waals surface area contributed by atoms with Gasteiger partial charge in [-0.2, -0.15) is 0 Å². The van der Waals surface area contributed by atoms with Crippen molar-refractivity contribution in [1.29, 1.82) is 0 Å². The largest absolute Gasteiger partial charge is 0.489 e. The maximum absolute atomic E-state index is 12.9. The number of unbranched alkanes of at least 4 members (excludes halogenated alkanes) is 2. The lowest BCUT2D eigenvalue weighted by molar-refractivity contribution is -0.142. The number of anilines is 1. The Hall–Kier alpha value is -4.68. The van der Waals surface area contributed by atoms with E-state index in [1.807, 2.05) is 12.1 Å². The molecule has 0 bridgehead atoms. The van der Waals surface area contributed by atoms with Crippen LogP contribution in [0.25, 0.3) is 0 Å². The Morgan fingerprint density at radius 3 is 1.96 bits per heavy atom. The van der Waals surface area contributed by atoms with Crippen molar-refractivity contribution in [2.45, 2.75) is 44.1 Å². The number of carbonyl (C=O) groups excluding carboxylic acids is 2. The summed E-state index contributed by atoms with van der Waals surface area (Å²) in [5.41, 5.74) is 2.20. The zero-order valence-electron chi connectivity index (χ0n) is 29.2. The van der Waals surface area contributed by atoms with E-state index in [0.717, 1.165) is 24.2 Å². The fourth-order valence-electron chi connectivity index (χ4n) is 4.36. The Morgan fingerprint density at radius 1 is 0.731 bits per heavy atom. The first kappa shape index (κ1) is 41.7. The average Bonchev–Trinajstić information content (AvgIpc) is 3.13. The number of nitrogens with one attached hydrogen (secondary N) is 3. The number of ether oxygens (including phenoxy) is 5. The zero-order valence-corrected chi connectivity index (χ0v) is 30.0. The molecule has 0 unspecified atom stereocenters. The molecule has 2 aromatic carbocycles. The highest BCUT2D eigenvalue weighted by atomic mass is 32.2. The van der Waals surface area contributed by atoms with Gasteiger partial charge in [0.1, 0.15) is 25.6 Å². The molecule has 0 aliphatic rings. The van der Waals surface area contributed by atoms with Crippen molar-refractivity contribution in [3.05, 3.63) is 77.6 Å². The maximum atomic E-state index is 12.9.